The van der Waals surface area contributed by atoms with Crippen molar-refractivity contribution >= 4 is 29.1 Å². The third-order valence-corrected chi connectivity index (χ3v) is 5.00. The Hall–Kier alpha value is -1.34. The Bertz CT molecular complexity index is 605. The summed E-state index contributed by atoms with van der Waals surface area (Å²) in [4.78, 5) is 10.8. The Labute approximate surface area is 125 Å². The lowest BCUT2D eigenvalue weighted by atomic mass is 10.2. The van der Waals surface area contributed by atoms with E-state index in [2.05, 4.69) is 38.5 Å². The van der Waals surface area contributed by atoms with Gasteiger partial charge in [0.2, 0.25) is 0 Å². The predicted molar refractivity (Wildman–Crippen MR) is 78.5 cm³/mol. The zero-order valence-electron chi connectivity index (χ0n) is 11.0. The van der Waals surface area contributed by atoms with Crippen molar-refractivity contribution in [2.45, 2.75) is 36.9 Å². The summed E-state index contributed by atoms with van der Waals surface area (Å²) in [7, 11) is 0. The number of carboxylic acids is 1. The van der Waals surface area contributed by atoms with E-state index < -0.39 is 5.97 Å². The van der Waals surface area contributed by atoms with Crippen molar-refractivity contribution in [1.82, 2.24) is 14.8 Å². The third kappa shape index (κ3) is 2.73. The van der Waals surface area contributed by atoms with E-state index in [0.29, 0.717) is 11.1 Å². The van der Waals surface area contributed by atoms with Crippen molar-refractivity contribution < 1.29 is 9.90 Å². The lowest BCUT2D eigenvalue weighted by Crippen LogP contribution is -2.11. The smallest absolute Gasteiger partial charge is 0.313 e. The summed E-state index contributed by atoms with van der Waals surface area (Å²) in [5.41, 5.74) is 1.22. The first kappa shape index (κ1) is 13.6. The first-order valence-corrected chi connectivity index (χ1v) is 8.41. The Morgan fingerprint density at radius 1 is 1.60 bits per heavy atom. The molecule has 0 saturated heterocycles. The molecule has 1 fully saturated rings. The van der Waals surface area contributed by atoms with Gasteiger partial charge in [-0.05, 0) is 42.2 Å². The average Bonchev–Trinajstić information content (AvgIpc) is 2.97. The Morgan fingerprint density at radius 3 is 3.00 bits per heavy atom. The van der Waals surface area contributed by atoms with Crippen LogP contribution in [0.1, 0.15) is 43.1 Å². The molecule has 0 aromatic carbocycles. The normalized spacial score (nSPS) is 16.2. The number of carbonyl (C=O) groups is 1. The van der Waals surface area contributed by atoms with Gasteiger partial charge in [-0.25, -0.2) is 0 Å². The minimum Gasteiger partial charge on any atom is -0.481 e. The van der Waals surface area contributed by atoms with Crippen LogP contribution in [0.5, 0.6) is 0 Å². The van der Waals surface area contributed by atoms with E-state index in [1.54, 1.807) is 11.3 Å². The zero-order valence-corrected chi connectivity index (χ0v) is 12.7. The van der Waals surface area contributed by atoms with Crippen molar-refractivity contribution in [3.8, 4) is 0 Å². The molecule has 2 aromatic heterocycles. The lowest BCUT2D eigenvalue weighted by Gasteiger charge is -2.16. The van der Waals surface area contributed by atoms with Crippen LogP contribution >= 0.6 is 23.1 Å². The highest BCUT2D eigenvalue weighted by Gasteiger charge is 2.32. The van der Waals surface area contributed by atoms with Crippen LogP contribution in [-0.2, 0) is 4.79 Å². The van der Waals surface area contributed by atoms with E-state index in [0.717, 1.165) is 18.7 Å². The highest BCUT2D eigenvalue weighted by Crippen LogP contribution is 2.42. The van der Waals surface area contributed by atoms with Gasteiger partial charge in [-0.15, -0.1) is 10.2 Å². The second-order valence-electron chi connectivity index (χ2n) is 4.90. The minimum absolute atomic E-state index is 0.0131. The zero-order chi connectivity index (χ0) is 14.1. The molecule has 0 spiro atoms. The van der Waals surface area contributed by atoms with Crippen LogP contribution in [0.4, 0.5) is 0 Å². The van der Waals surface area contributed by atoms with Crippen LogP contribution in [0.15, 0.2) is 22.0 Å². The van der Waals surface area contributed by atoms with Gasteiger partial charge < -0.3 is 5.11 Å². The topological polar surface area (TPSA) is 68.0 Å². The molecule has 1 saturated carbocycles. The Morgan fingerprint density at radius 2 is 2.40 bits per heavy atom. The molecule has 0 radical (unpaired) electrons. The van der Waals surface area contributed by atoms with Gasteiger partial charge in [0.1, 0.15) is 5.82 Å². The van der Waals surface area contributed by atoms with Gasteiger partial charge in [-0.2, -0.15) is 11.3 Å². The van der Waals surface area contributed by atoms with Gasteiger partial charge in [0, 0.05) is 5.92 Å². The minimum atomic E-state index is -0.833. The van der Waals surface area contributed by atoms with Crippen LogP contribution in [0.3, 0.4) is 0 Å². The highest BCUT2D eigenvalue weighted by atomic mass is 32.2. The molecule has 20 heavy (non-hydrogen) atoms. The van der Waals surface area contributed by atoms with Gasteiger partial charge in [0.25, 0.3) is 0 Å². The van der Waals surface area contributed by atoms with E-state index in [4.69, 9.17) is 5.11 Å². The number of thiophene rings is 1. The molecule has 1 atom stereocenters. The molecular formula is C13H15N3O2S2. The SMILES string of the molecule is CC(c1ccsc1)n1c(SCC(=O)O)nnc1C1CC1. The van der Waals surface area contributed by atoms with Crippen molar-refractivity contribution in [3.63, 3.8) is 0 Å². The summed E-state index contributed by atoms with van der Waals surface area (Å²) in [6.07, 6.45) is 2.30. The molecule has 3 rings (SSSR count). The third-order valence-electron chi connectivity index (χ3n) is 3.37. The predicted octanol–water partition coefficient (Wildman–Crippen LogP) is 3.00. The first-order chi connectivity index (χ1) is 9.66. The number of carboxylic acid groups (broad SMARTS) is 1. The van der Waals surface area contributed by atoms with E-state index in [9.17, 15) is 4.79 Å². The summed E-state index contributed by atoms with van der Waals surface area (Å²) >= 11 is 2.90. The molecule has 2 aromatic rings. The van der Waals surface area contributed by atoms with E-state index >= 15 is 0 Å². The number of aromatic nitrogens is 3. The summed E-state index contributed by atoms with van der Waals surface area (Å²) in [6.45, 7) is 2.11. The van der Waals surface area contributed by atoms with Gasteiger partial charge in [-0.3, -0.25) is 9.36 Å². The number of nitrogens with zero attached hydrogens (tertiary/aromatic N) is 3. The monoisotopic (exact) mass is 309 g/mol. The largest absolute Gasteiger partial charge is 0.481 e. The maximum Gasteiger partial charge on any atom is 0.313 e. The van der Waals surface area contributed by atoms with Crippen LogP contribution in [0, 0.1) is 0 Å². The molecule has 1 unspecified atom stereocenters. The summed E-state index contributed by atoms with van der Waals surface area (Å²) in [5.74, 6) is 0.666. The molecule has 106 valence electrons. The summed E-state index contributed by atoms with van der Waals surface area (Å²) in [5, 5.41) is 22.2. The molecule has 1 aliphatic rings. The number of aliphatic carboxylic acids is 1. The van der Waals surface area contributed by atoms with Crippen LogP contribution < -0.4 is 0 Å². The van der Waals surface area contributed by atoms with Crippen molar-refractivity contribution in [2.75, 3.05) is 5.75 Å². The van der Waals surface area contributed by atoms with Gasteiger partial charge in [0.15, 0.2) is 5.16 Å². The van der Waals surface area contributed by atoms with Gasteiger partial charge >= 0.3 is 5.97 Å². The average molecular weight is 309 g/mol. The van der Waals surface area contributed by atoms with E-state index in [1.165, 1.54) is 17.3 Å². The number of thioether (sulfide) groups is 1. The van der Waals surface area contributed by atoms with E-state index in [-0.39, 0.29) is 11.8 Å². The van der Waals surface area contributed by atoms with Crippen LogP contribution in [-0.4, -0.2) is 31.6 Å². The number of hydrogen-bond donors (Lipinski definition) is 1. The van der Waals surface area contributed by atoms with Crippen molar-refractivity contribution in [1.29, 1.82) is 0 Å². The Kier molecular flexibility index (Phi) is 3.80. The van der Waals surface area contributed by atoms with Gasteiger partial charge in [0.05, 0.1) is 11.8 Å². The molecule has 7 heteroatoms. The molecule has 1 N–H and O–H groups in total. The molecule has 2 heterocycles. The maximum absolute atomic E-state index is 10.8. The molecule has 0 aliphatic heterocycles. The number of rotatable bonds is 6. The van der Waals surface area contributed by atoms with Crippen molar-refractivity contribution in [3.05, 3.63) is 28.2 Å². The molecule has 0 amide bonds. The summed E-state index contributed by atoms with van der Waals surface area (Å²) in [6, 6.07) is 2.24. The van der Waals surface area contributed by atoms with Crippen molar-refractivity contribution in [2.24, 2.45) is 0 Å². The fraction of sp³-hybridized carbons (Fsp3) is 0.462. The number of hydrogen-bond acceptors (Lipinski definition) is 5. The second kappa shape index (κ2) is 5.57. The standard InChI is InChI=1S/C13H15N3O2S2/c1-8(10-4-5-19-6-10)16-12(9-2-3-9)14-15-13(16)20-7-11(17)18/h4-6,8-9H,2-3,7H2,1H3,(H,17,18). The molecule has 0 bridgehead atoms. The fourth-order valence-electron chi connectivity index (χ4n) is 2.16. The lowest BCUT2D eigenvalue weighted by molar-refractivity contribution is -0.133. The molecule has 5 nitrogen and oxygen atoms in total. The quantitative estimate of drug-likeness (QED) is 0.831. The summed E-state index contributed by atoms with van der Waals surface area (Å²) < 4.78 is 2.10. The molecule has 1 aliphatic carbocycles. The fourth-order valence-corrected chi connectivity index (χ4v) is 3.65. The molecular weight excluding hydrogens is 294 g/mol. The van der Waals surface area contributed by atoms with Gasteiger partial charge in [-0.1, -0.05) is 11.8 Å². The highest BCUT2D eigenvalue weighted by molar-refractivity contribution is 7.99. The first-order valence-electron chi connectivity index (χ1n) is 6.48. The van der Waals surface area contributed by atoms with E-state index in [1.807, 2.05) is 0 Å². The van der Waals surface area contributed by atoms with Crippen LogP contribution in [0.2, 0.25) is 0 Å². The maximum atomic E-state index is 10.8. The second-order valence-corrected chi connectivity index (χ2v) is 6.62. The Balaban J connectivity index is 1.92. The van der Waals surface area contributed by atoms with Crippen LogP contribution in [0.25, 0.3) is 0 Å².